The van der Waals surface area contributed by atoms with Gasteiger partial charge in [-0.05, 0) is 52.7 Å². The number of halogens is 1. The smallest absolute Gasteiger partial charge is 0.322 e. The monoisotopic (exact) mass is 376 g/mol. The number of nitrogens with one attached hydrogen (secondary N) is 1. The number of carbonyl (C=O) groups is 1. The van der Waals surface area contributed by atoms with Crippen LogP contribution in [-0.4, -0.2) is 18.0 Å². The highest BCUT2D eigenvalue weighted by Crippen LogP contribution is 2.28. The molecule has 3 aromatic rings. The molecule has 2 amide bonds. The van der Waals surface area contributed by atoms with Gasteiger partial charge in [0.2, 0.25) is 0 Å². The molecule has 0 saturated heterocycles. The predicted molar refractivity (Wildman–Crippen MR) is 99.3 cm³/mol. The van der Waals surface area contributed by atoms with Crippen molar-refractivity contribution < 1.29 is 13.9 Å². The van der Waals surface area contributed by atoms with E-state index in [9.17, 15) is 4.79 Å². The van der Waals surface area contributed by atoms with E-state index in [0.717, 1.165) is 5.56 Å². The van der Waals surface area contributed by atoms with Gasteiger partial charge in [0, 0.05) is 11.6 Å². The highest BCUT2D eigenvalue weighted by molar-refractivity contribution is 7.07. The maximum atomic E-state index is 12.8. The quantitative estimate of drug-likeness (QED) is 0.640. The Morgan fingerprint density at radius 1 is 1.32 bits per heavy atom. The lowest BCUT2D eigenvalue weighted by atomic mass is 10.3. The Labute approximate surface area is 154 Å². The van der Waals surface area contributed by atoms with Crippen LogP contribution < -0.4 is 10.1 Å². The summed E-state index contributed by atoms with van der Waals surface area (Å²) in [6, 6.07) is 10.5. The van der Waals surface area contributed by atoms with E-state index in [1.807, 2.05) is 22.9 Å². The van der Waals surface area contributed by atoms with Crippen molar-refractivity contribution in [3.05, 3.63) is 69.8 Å². The molecule has 0 aliphatic heterocycles. The fraction of sp³-hybridized carbons (Fsp3) is 0.167. The molecule has 0 fully saturated rings. The first-order valence-electron chi connectivity index (χ1n) is 7.58. The van der Waals surface area contributed by atoms with E-state index < -0.39 is 0 Å². The van der Waals surface area contributed by atoms with E-state index in [1.54, 1.807) is 53.9 Å². The van der Waals surface area contributed by atoms with Crippen LogP contribution in [0, 0.1) is 0 Å². The number of furan rings is 1. The van der Waals surface area contributed by atoms with Crippen molar-refractivity contribution in [1.29, 1.82) is 0 Å². The van der Waals surface area contributed by atoms with Crippen LogP contribution in [0.2, 0.25) is 5.02 Å². The number of methoxy groups -OCH3 is 1. The molecule has 5 nitrogen and oxygen atoms in total. The van der Waals surface area contributed by atoms with Crippen LogP contribution in [0.15, 0.2) is 57.8 Å². The van der Waals surface area contributed by atoms with Crippen molar-refractivity contribution in [2.24, 2.45) is 0 Å². The number of benzene rings is 1. The van der Waals surface area contributed by atoms with Gasteiger partial charge in [0.25, 0.3) is 0 Å². The Bertz CT molecular complexity index is 783. The summed E-state index contributed by atoms with van der Waals surface area (Å²) < 4.78 is 10.7. The number of urea groups is 1. The number of amides is 2. The number of anilines is 1. The molecule has 0 radical (unpaired) electrons. The minimum atomic E-state index is -0.261. The fourth-order valence-electron chi connectivity index (χ4n) is 2.37. The van der Waals surface area contributed by atoms with Gasteiger partial charge in [-0.3, -0.25) is 0 Å². The maximum Gasteiger partial charge on any atom is 0.322 e. The standard InChI is InChI=1S/C18H17ClN2O3S/c1-23-17-5-4-14(19)9-16(17)20-18(22)21(10-13-6-8-25-12-13)11-15-3-2-7-24-15/h2-9,12H,10-11H2,1H3,(H,20,22). The summed E-state index contributed by atoms with van der Waals surface area (Å²) in [5.41, 5.74) is 1.58. The van der Waals surface area contributed by atoms with E-state index >= 15 is 0 Å². The number of nitrogens with zero attached hydrogens (tertiary/aromatic N) is 1. The average Bonchev–Trinajstić information content (AvgIpc) is 3.28. The molecule has 0 spiro atoms. The van der Waals surface area contributed by atoms with E-state index in [-0.39, 0.29) is 6.03 Å². The number of ether oxygens (including phenoxy) is 1. The summed E-state index contributed by atoms with van der Waals surface area (Å²) in [6.45, 7) is 0.830. The predicted octanol–water partition coefficient (Wildman–Crippen LogP) is 5.24. The molecular formula is C18H17ClN2O3S. The average molecular weight is 377 g/mol. The van der Waals surface area contributed by atoms with Crippen molar-refractivity contribution >= 4 is 34.7 Å². The first kappa shape index (κ1) is 17.4. The van der Waals surface area contributed by atoms with Crippen LogP contribution in [0.25, 0.3) is 0 Å². The lowest BCUT2D eigenvalue weighted by molar-refractivity contribution is 0.201. The lowest BCUT2D eigenvalue weighted by Crippen LogP contribution is -2.34. The normalized spacial score (nSPS) is 10.5. The molecule has 25 heavy (non-hydrogen) atoms. The van der Waals surface area contributed by atoms with Gasteiger partial charge in [-0.15, -0.1) is 0 Å². The zero-order valence-electron chi connectivity index (χ0n) is 13.6. The van der Waals surface area contributed by atoms with Gasteiger partial charge in [-0.1, -0.05) is 11.6 Å². The molecule has 1 N–H and O–H groups in total. The van der Waals surface area contributed by atoms with Gasteiger partial charge < -0.3 is 19.4 Å². The van der Waals surface area contributed by atoms with Crippen molar-refractivity contribution in [3.8, 4) is 5.75 Å². The molecule has 0 atom stereocenters. The first-order chi connectivity index (χ1) is 12.2. The molecule has 0 bridgehead atoms. The summed E-state index contributed by atoms with van der Waals surface area (Å²) in [5.74, 6) is 1.26. The fourth-order valence-corrected chi connectivity index (χ4v) is 3.20. The van der Waals surface area contributed by atoms with Crippen LogP contribution in [-0.2, 0) is 13.1 Å². The van der Waals surface area contributed by atoms with Gasteiger partial charge in [-0.2, -0.15) is 11.3 Å². The maximum absolute atomic E-state index is 12.8. The minimum Gasteiger partial charge on any atom is -0.495 e. The zero-order valence-corrected chi connectivity index (χ0v) is 15.1. The van der Waals surface area contributed by atoms with E-state index in [1.165, 1.54) is 0 Å². The zero-order chi connectivity index (χ0) is 17.6. The number of hydrogen-bond acceptors (Lipinski definition) is 4. The molecular weight excluding hydrogens is 360 g/mol. The summed E-state index contributed by atoms with van der Waals surface area (Å²) >= 11 is 7.63. The Balaban J connectivity index is 1.79. The second-order valence-electron chi connectivity index (χ2n) is 5.34. The summed E-state index contributed by atoms with van der Waals surface area (Å²) in [7, 11) is 1.55. The molecule has 3 rings (SSSR count). The van der Waals surface area contributed by atoms with Crippen molar-refractivity contribution in [1.82, 2.24) is 4.90 Å². The molecule has 0 saturated carbocycles. The number of rotatable bonds is 6. The summed E-state index contributed by atoms with van der Waals surface area (Å²) in [6.07, 6.45) is 1.59. The van der Waals surface area contributed by atoms with Crippen LogP contribution in [0.4, 0.5) is 10.5 Å². The molecule has 1 aromatic carbocycles. The second-order valence-corrected chi connectivity index (χ2v) is 6.56. The number of thiophene rings is 1. The van der Waals surface area contributed by atoms with Crippen molar-refractivity contribution in [2.75, 3.05) is 12.4 Å². The van der Waals surface area contributed by atoms with Gasteiger partial charge in [0.1, 0.15) is 11.5 Å². The lowest BCUT2D eigenvalue weighted by Gasteiger charge is -2.22. The Morgan fingerprint density at radius 3 is 2.88 bits per heavy atom. The molecule has 7 heteroatoms. The van der Waals surface area contributed by atoms with Crippen LogP contribution in [0.5, 0.6) is 5.75 Å². The third-order valence-corrected chi connectivity index (χ3v) is 4.54. The third kappa shape index (κ3) is 4.55. The first-order valence-corrected chi connectivity index (χ1v) is 8.90. The summed E-state index contributed by atoms with van der Waals surface area (Å²) in [4.78, 5) is 14.5. The SMILES string of the molecule is COc1ccc(Cl)cc1NC(=O)N(Cc1ccsc1)Cc1ccco1. The molecule has 2 aromatic heterocycles. The van der Waals surface area contributed by atoms with Gasteiger partial charge in [0.15, 0.2) is 0 Å². The highest BCUT2D eigenvalue weighted by atomic mass is 35.5. The molecule has 0 aliphatic carbocycles. The van der Waals surface area contributed by atoms with Crippen LogP contribution in [0.1, 0.15) is 11.3 Å². The van der Waals surface area contributed by atoms with E-state index in [4.69, 9.17) is 20.8 Å². The van der Waals surface area contributed by atoms with Gasteiger partial charge in [-0.25, -0.2) is 4.79 Å². The summed E-state index contributed by atoms with van der Waals surface area (Å²) in [5, 5.41) is 7.39. The largest absolute Gasteiger partial charge is 0.495 e. The van der Waals surface area contributed by atoms with Crippen molar-refractivity contribution in [2.45, 2.75) is 13.1 Å². The number of hydrogen-bond donors (Lipinski definition) is 1. The minimum absolute atomic E-state index is 0.261. The second kappa shape index (κ2) is 8.09. The Kier molecular flexibility index (Phi) is 5.63. The van der Waals surface area contributed by atoms with Crippen LogP contribution in [0.3, 0.4) is 0 Å². The highest BCUT2D eigenvalue weighted by Gasteiger charge is 2.18. The van der Waals surface area contributed by atoms with Gasteiger partial charge in [0.05, 0.1) is 25.6 Å². The third-order valence-electron chi connectivity index (χ3n) is 3.57. The molecule has 2 heterocycles. The molecule has 0 aliphatic rings. The molecule has 130 valence electrons. The van der Waals surface area contributed by atoms with Gasteiger partial charge >= 0.3 is 6.03 Å². The number of carbonyl (C=O) groups excluding carboxylic acids is 1. The molecule has 0 unspecified atom stereocenters. The van der Waals surface area contributed by atoms with E-state index in [2.05, 4.69) is 5.32 Å². The Morgan fingerprint density at radius 2 is 2.20 bits per heavy atom. The Hall–Kier alpha value is -2.44. The van der Waals surface area contributed by atoms with E-state index in [0.29, 0.717) is 35.3 Å². The topological polar surface area (TPSA) is 54.7 Å². The van der Waals surface area contributed by atoms with Crippen LogP contribution >= 0.6 is 22.9 Å². The van der Waals surface area contributed by atoms with Crippen molar-refractivity contribution in [3.63, 3.8) is 0 Å².